The summed E-state index contributed by atoms with van der Waals surface area (Å²) in [7, 11) is 0. The standard InChI is InChI=1S/C18H26N6O/c1-11-16(12(2)21-20-11)13-7-6-10-24(13)17(25)19-15-9-8-14(22-23-15)18(3,4)5/h8-9,13H,6-7,10H2,1-5H3,(H,20,21)(H,19,23,25)/t13-/m0/s1. The number of carbonyl (C=O) groups is 1. The smallest absolute Gasteiger partial charge is 0.317 e. The Morgan fingerprint density at radius 2 is 2.04 bits per heavy atom. The summed E-state index contributed by atoms with van der Waals surface area (Å²) in [5, 5.41) is 18.5. The number of nitrogens with zero attached hydrogens (tertiary/aromatic N) is 4. The van der Waals surface area contributed by atoms with Gasteiger partial charge in [0.25, 0.3) is 0 Å². The van der Waals surface area contributed by atoms with Gasteiger partial charge in [-0.25, -0.2) is 4.79 Å². The zero-order valence-corrected chi connectivity index (χ0v) is 15.6. The number of amides is 2. The van der Waals surface area contributed by atoms with E-state index in [9.17, 15) is 4.79 Å². The van der Waals surface area contributed by atoms with Crippen LogP contribution in [0.4, 0.5) is 10.6 Å². The van der Waals surface area contributed by atoms with Crippen molar-refractivity contribution in [1.82, 2.24) is 25.3 Å². The van der Waals surface area contributed by atoms with Crippen LogP contribution < -0.4 is 5.32 Å². The quantitative estimate of drug-likeness (QED) is 0.874. The number of nitrogens with one attached hydrogen (secondary N) is 2. The molecule has 0 aliphatic carbocycles. The van der Waals surface area contributed by atoms with E-state index < -0.39 is 0 Å². The first-order valence-corrected chi connectivity index (χ1v) is 8.70. The molecule has 2 amide bonds. The first-order valence-electron chi connectivity index (χ1n) is 8.70. The fourth-order valence-electron chi connectivity index (χ4n) is 3.34. The van der Waals surface area contributed by atoms with Crippen molar-refractivity contribution in [2.75, 3.05) is 11.9 Å². The van der Waals surface area contributed by atoms with Gasteiger partial charge in [-0.3, -0.25) is 10.4 Å². The molecular formula is C18H26N6O. The minimum Gasteiger partial charge on any atom is -0.317 e. The van der Waals surface area contributed by atoms with Gasteiger partial charge in [-0.2, -0.15) is 10.2 Å². The monoisotopic (exact) mass is 342 g/mol. The molecule has 1 fully saturated rings. The molecule has 1 aliphatic rings. The second-order valence-corrected chi connectivity index (χ2v) is 7.68. The summed E-state index contributed by atoms with van der Waals surface area (Å²) < 4.78 is 0. The molecule has 2 aromatic rings. The van der Waals surface area contributed by atoms with Crippen molar-refractivity contribution in [1.29, 1.82) is 0 Å². The van der Waals surface area contributed by atoms with Crippen LogP contribution >= 0.6 is 0 Å². The average Bonchev–Trinajstić information content (AvgIpc) is 3.13. The van der Waals surface area contributed by atoms with Gasteiger partial charge in [-0.15, -0.1) is 5.10 Å². The zero-order chi connectivity index (χ0) is 18.2. The Labute approximate surface area is 148 Å². The fraction of sp³-hybridized carbons (Fsp3) is 0.556. The number of hydrogen-bond donors (Lipinski definition) is 2. The van der Waals surface area contributed by atoms with Gasteiger partial charge in [0.1, 0.15) is 0 Å². The summed E-state index contributed by atoms with van der Waals surface area (Å²) in [6.07, 6.45) is 1.93. The predicted octanol–water partition coefficient (Wildman–Crippen LogP) is 3.48. The van der Waals surface area contributed by atoms with E-state index in [1.165, 1.54) is 0 Å². The van der Waals surface area contributed by atoms with Crippen LogP contribution in [-0.4, -0.2) is 37.9 Å². The summed E-state index contributed by atoms with van der Waals surface area (Å²) in [5.41, 5.74) is 3.94. The fourth-order valence-corrected chi connectivity index (χ4v) is 3.34. The minimum atomic E-state index is -0.139. The number of H-pyrrole nitrogens is 1. The van der Waals surface area contributed by atoms with Crippen molar-refractivity contribution in [3.63, 3.8) is 0 Å². The lowest BCUT2D eigenvalue weighted by Crippen LogP contribution is -2.35. The maximum absolute atomic E-state index is 12.7. The number of hydrogen-bond acceptors (Lipinski definition) is 4. The number of anilines is 1. The van der Waals surface area contributed by atoms with Crippen molar-refractivity contribution < 1.29 is 4.79 Å². The predicted molar refractivity (Wildman–Crippen MR) is 96.5 cm³/mol. The highest BCUT2D eigenvalue weighted by Crippen LogP contribution is 2.35. The number of carbonyl (C=O) groups excluding carboxylic acids is 1. The molecule has 1 aliphatic heterocycles. The molecule has 1 saturated heterocycles. The van der Waals surface area contributed by atoms with E-state index in [2.05, 4.69) is 46.5 Å². The lowest BCUT2D eigenvalue weighted by atomic mass is 9.92. The minimum absolute atomic E-state index is 0.0561. The molecule has 2 aromatic heterocycles. The normalized spacial score (nSPS) is 17.8. The van der Waals surface area contributed by atoms with E-state index in [0.29, 0.717) is 5.82 Å². The average molecular weight is 342 g/mol. The molecule has 0 bridgehead atoms. The molecule has 0 unspecified atom stereocenters. The molecule has 3 rings (SSSR count). The Morgan fingerprint density at radius 3 is 2.60 bits per heavy atom. The molecule has 25 heavy (non-hydrogen) atoms. The molecule has 0 saturated carbocycles. The second kappa shape index (κ2) is 6.46. The van der Waals surface area contributed by atoms with E-state index in [1.807, 2.05) is 30.9 Å². The van der Waals surface area contributed by atoms with Gasteiger partial charge in [0.15, 0.2) is 5.82 Å². The van der Waals surface area contributed by atoms with Gasteiger partial charge in [0, 0.05) is 23.2 Å². The molecule has 7 nitrogen and oxygen atoms in total. The third-order valence-electron chi connectivity index (χ3n) is 4.70. The third kappa shape index (κ3) is 3.50. The molecule has 0 radical (unpaired) electrons. The Balaban J connectivity index is 1.74. The Kier molecular flexibility index (Phi) is 4.49. The van der Waals surface area contributed by atoms with Crippen LogP contribution in [0.15, 0.2) is 12.1 Å². The second-order valence-electron chi connectivity index (χ2n) is 7.68. The molecule has 7 heteroatoms. The highest BCUT2D eigenvalue weighted by Gasteiger charge is 2.33. The SMILES string of the molecule is Cc1n[nH]c(C)c1[C@@H]1CCCN1C(=O)Nc1ccc(C(C)(C)C)nn1. The van der Waals surface area contributed by atoms with E-state index in [-0.39, 0.29) is 17.5 Å². The zero-order valence-electron chi connectivity index (χ0n) is 15.6. The molecule has 1 atom stereocenters. The number of aromatic amines is 1. The summed E-state index contributed by atoms with van der Waals surface area (Å²) >= 11 is 0. The summed E-state index contributed by atoms with van der Waals surface area (Å²) in [4.78, 5) is 14.6. The number of likely N-dealkylation sites (tertiary alicyclic amines) is 1. The van der Waals surface area contributed by atoms with Crippen molar-refractivity contribution in [2.45, 2.75) is 58.9 Å². The number of rotatable bonds is 2. The van der Waals surface area contributed by atoms with Crippen LogP contribution in [-0.2, 0) is 5.41 Å². The lowest BCUT2D eigenvalue weighted by molar-refractivity contribution is 0.206. The van der Waals surface area contributed by atoms with Gasteiger partial charge in [0.05, 0.1) is 17.4 Å². The van der Waals surface area contributed by atoms with Crippen LogP contribution in [0.2, 0.25) is 0 Å². The third-order valence-corrected chi connectivity index (χ3v) is 4.70. The molecular weight excluding hydrogens is 316 g/mol. The molecule has 3 heterocycles. The van der Waals surface area contributed by atoms with Gasteiger partial charge in [0.2, 0.25) is 0 Å². The van der Waals surface area contributed by atoms with Crippen LogP contribution in [0.1, 0.15) is 62.3 Å². The Bertz CT molecular complexity index is 739. The van der Waals surface area contributed by atoms with Gasteiger partial charge in [-0.05, 0) is 38.8 Å². The van der Waals surface area contributed by atoms with Crippen LogP contribution in [0.25, 0.3) is 0 Å². The molecule has 0 aromatic carbocycles. The maximum atomic E-state index is 12.7. The summed E-state index contributed by atoms with van der Waals surface area (Å²) in [6, 6.07) is 3.64. The Morgan fingerprint density at radius 1 is 1.28 bits per heavy atom. The van der Waals surface area contributed by atoms with E-state index in [4.69, 9.17) is 0 Å². The largest absolute Gasteiger partial charge is 0.323 e. The van der Waals surface area contributed by atoms with E-state index in [0.717, 1.165) is 42.0 Å². The van der Waals surface area contributed by atoms with Gasteiger partial charge >= 0.3 is 6.03 Å². The summed E-state index contributed by atoms with van der Waals surface area (Å²) in [5.74, 6) is 0.476. The van der Waals surface area contributed by atoms with Crippen molar-refractivity contribution >= 4 is 11.8 Å². The van der Waals surface area contributed by atoms with Gasteiger partial charge in [-0.1, -0.05) is 20.8 Å². The summed E-state index contributed by atoms with van der Waals surface area (Å²) in [6.45, 7) is 11.0. The van der Waals surface area contributed by atoms with Crippen molar-refractivity contribution in [3.8, 4) is 0 Å². The highest BCUT2D eigenvalue weighted by molar-refractivity contribution is 5.88. The maximum Gasteiger partial charge on any atom is 0.323 e. The number of aryl methyl sites for hydroxylation is 2. The van der Waals surface area contributed by atoms with Crippen molar-refractivity contribution in [2.24, 2.45) is 0 Å². The number of aromatic nitrogens is 4. The molecule has 2 N–H and O–H groups in total. The Hall–Kier alpha value is -2.44. The number of urea groups is 1. The molecule has 0 spiro atoms. The van der Waals surface area contributed by atoms with Crippen LogP contribution in [0.3, 0.4) is 0 Å². The topological polar surface area (TPSA) is 86.8 Å². The molecule has 134 valence electrons. The van der Waals surface area contributed by atoms with Crippen LogP contribution in [0.5, 0.6) is 0 Å². The lowest BCUT2D eigenvalue weighted by Gasteiger charge is -2.25. The first-order chi connectivity index (χ1) is 11.8. The first kappa shape index (κ1) is 17.4. The van der Waals surface area contributed by atoms with Crippen LogP contribution in [0, 0.1) is 13.8 Å². The van der Waals surface area contributed by atoms with Crippen molar-refractivity contribution in [3.05, 3.63) is 34.8 Å². The van der Waals surface area contributed by atoms with Gasteiger partial charge < -0.3 is 4.90 Å². The van der Waals surface area contributed by atoms with E-state index in [1.54, 1.807) is 0 Å². The highest BCUT2D eigenvalue weighted by atomic mass is 16.2. The van der Waals surface area contributed by atoms with E-state index >= 15 is 0 Å².